The summed E-state index contributed by atoms with van der Waals surface area (Å²) < 4.78 is 36.8. The van der Waals surface area contributed by atoms with Crippen LogP contribution in [0.25, 0.3) is 0 Å². The SMILES string of the molecule is CCCC(N)CS(=O)(=O)c1ccc(F)c(Cl)c1. The normalized spacial score (nSPS) is 13.6. The van der Waals surface area contributed by atoms with Crippen LogP contribution in [0.3, 0.4) is 0 Å². The lowest BCUT2D eigenvalue weighted by molar-refractivity contribution is 0.576. The van der Waals surface area contributed by atoms with Gasteiger partial charge in [0.05, 0.1) is 15.7 Å². The molecule has 0 spiro atoms. The molecule has 0 amide bonds. The molecule has 2 N–H and O–H groups in total. The molecule has 1 rings (SSSR count). The van der Waals surface area contributed by atoms with Gasteiger partial charge >= 0.3 is 0 Å². The summed E-state index contributed by atoms with van der Waals surface area (Å²) in [5, 5.41) is -0.199. The van der Waals surface area contributed by atoms with Gasteiger partial charge in [-0.2, -0.15) is 0 Å². The minimum Gasteiger partial charge on any atom is -0.327 e. The van der Waals surface area contributed by atoms with Crippen LogP contribution < -0.4 is 5.73 Å². The Kier molecular flexibility index (Phi) is 4.91. The number of sulfone groups is 1. The minimum atomic E-state index is -3.50. The predicted octanol–water partition coefficient (Wildman–Crippen LogP) is 2.38. The van der Waals surface area contributed by atoms with Crippen LogP contribution in [0.15, 0.2) is 23.1 Å². The molecule has 1 aromatic carbocycles. The molecule has 1 aromatic rings. The molecular formula is C11H15ClFNO2S. The molecule has 0 aliphatic rings. The van der Waals surface area contributed by atoms with E-state index in [0.717, 1.165) is 18.6 Å². The molecule has 0 aliphatic heterocycles. The summed E-state index contributed by atoms with van der Waals surface area (Å²) in [5.41, 5.74) is 5.69. The Balaban J connectivity index is 2.93. The molecule has 1 unspecified atom stereocenters. The maximum Gasteiger partial charge on any atom is 0.179 e. The highest BCUT2D eigenvalue weighted by Gasteiger charge is 2.19. The van der Waals surface area contributed by atoms with Crippen molar-refractivity contribution in [2.24, 2.45) is 5.73 Å². The Labute approximate surface area is 106 Å². The van der Waals surface area contributed by atoms with Gasteiger partial charge in [-0.1, -0.05) is 24.9 Å². The average molecular weight is 280 g/mol. The second-order valence-electron chi connectivity index (χ2n) is 3.91. The fraction of sp³-hybridized carbons (Fsp3) is 0.455. The Morgan fingerprint density at radius 2 is 2.12 bits per heavy atom. The number of benzene rings is 1. The van der Waals surface area contributed by atoms with Gasteiger partial charge in [-0.3, -0.25) is 0 Å². The van der Waals surface area contributed by atoms with Gasteiger partial charge in [-0.05, 0) is 24.6 Å². The van der Waals surface area contributed by atoms with Crippen LogP contribution >= 0.6 is 11.6 Å². The first-order chi connectivity index (χ1) is 7.86. The van der Waals surface area contributed by atoms with E-state index in [4.69, 9.17) is 17.3 Å². The molecule has 0 saturated heterocycles. The van der Waals surface area contributed by atoms with Crippen molar-refractivity contribution in [3.05, 3.63) is 29.0 Å². The van der Waals surface area contributed by atoms with Crippen molar-refractivity contribution < 1.29 is 12.8 Å². The summed E-state index contributed by atoms with van der Waals surface area (Å²) in [6, 6.07) is 2.95. The molecule has 0 radical (unpaired) electrons. The van der Waals surface area contributed by atoms with Crippen molar-refractivity contribution in [3.63, 3.8) is 0 Å². The van der Waals surface area contributed by atoms with E-state index in [1.54, 1.807) is 0 Å². The van der Waals surface area contributed by atoms with E-state index in [1.807, 2.05) is 6.92 Å². The molecule has 0 bridgehead atoms. The molecule has 96 valence electrons. The number of nitrogens with two attached hydrogens (primary N) is 1. The zero-order chi connectivity index (χ0) is 13.1. The smallest absolute Gasteiger partial charge is 0.179 e. The van der Waals surface area contributed by atoms with Gasteiger partial charge < -0.3 is 5.73 Å². The van der Waals surface area contributed by atoms with E-state index in [2.05, 4.69) is 0 Å². The maximum absolute atomic E-state index is 12.9. The summed E-state index contributed by atoms with van der Waals surface area (Å²) in [5.74, 6) is -0.786. The van der Waals surface area contributed by atoms with Crippen LogP contribution in [-0.2, 0) is 9.84 Å². The van der Waals surface area contributed by atoms with Crippen molar-refractivity contribution in [2.45, 2.75) is 30.7 Å². The molecule has 0 aromatic heterocycles. The lowest BCUT2D eigenvalue weighted by Gasteiger charge is -2.11. The molecule has 6 heteroatoms. The zero-order valence-corrected chi connectivity index (χ0v) is 11.1. The second kappa shape index (κ2) is 5.80. The Bertz CT molecular complexity index is 490. The number of hydrogen-bond acceptors (Lipinski definition) is 3. The molecule has 0 aliphatic carbocycles. The van der Waals surface area contributed by atoms with Gasteiger partial charge in [0.25, 0.3) is 0 Å². The van der Waals surface area contributed by atoms with Gasteiger partial charge in [0.1, 0.15) is 5.82 Å². The molecule has 0 heterocycles. The predicted molar refractivity (Wildman–Crippen MR) is 66.3 cm³/mol. The van der Waals surface area contributed by atoms with Crippen molar-refractivity contribution in [1.82, 2.24) is 0 Å². The van der Waals surface area contributed by atoms with Crippen LogP contribution in [0.1, 0.15) is 19.8 Å². The minimum absolute atomic E-state index is 0.00968. The molecular weight excluding hydrogens is 265 g/mol. The second-order valence-corrected chi connectivity index (χ2v) is 6.35. The summed E-state index contributed by atoms with van der Waals surface area (Å²) in [6.07, 6.45) is 1.45. The van der Waals surface area contributed by atoms with Gasteiger partial charge in [-0.15, -0.1) is 0 Å². The van der Waals surface area contributed by atoms with Crippen LogP contribution in [-0.4, -0.2) is 20.2 Å². The largest absolute Gasteiger partial charge is 0.327 e. The van der Waals surface area contributed by atoms with Crippen LogP contribution in [0.2, 0.25) is 5.02 Å². The third-order valence-corrected chi connectivity index (χ3v) is 4.47. The summed E-state index contributed by atoms with van der Waals surface area (Å²) >= 11 is 5.55. The fourth-order valence-corrected chi connectivity index (χ4v) is 3.24. The van der Waals surface area contributed by atoms with E-state index < -0.39 is 21.7 Å². The highest BCUT2D eigenvalue weighted by Crippen LogP contribution is 2.20. The Hall–Kier alpha value is -0.650. The van der Waals surface area contributed by atoms with Crippen LogP contribution in [0.5, 0.6) is 0 Å². The monoisotopic (exact) mass is 279 g/mol. The van der Waals surface area contributed by atoms with Gasteiger partial charge in [0, 0.05) is 6.04 Å². The van der Waals surface area contributed by atoms with Gasteiger partial charge in [0.15, 0.2) is 9.84 Å². The van der Waals surface area contributed by atoms with E-state index in [1.165, 1.54) is 6.07 Å². The Morgan fingerprint density at radius 1 is 1.47 bits per heavy atom. The first-order valence-electron chi connectivity index (χ1n) is 5.30. The van der Waals surface area contributed by atoms with E-state index in [-0.39, 0.29) is 15.7 Å². The van der Waals surface area contributed by atoms with Crippen LogP contribution in [0.4, 0.5) is 4.39 Å². The topological polar surface area (TPSA) is 60.2 Å². The summed E-state index contributed by atoms with van der Waals surface area (Å²) in [4.78, 5) is 0.00968. The van der Waals surface area contributed by atoms with E-state index >= 15 is 0 Å². The van der Waals surface area contributed by atoms with Crippen molar-refractivity contribution >= 4 is 21.4 Å². The van der Waals surface area contributed by atoms with E-state index in [9.17, 15) is 12.8 Å². The first kappa shape index (κ1) is 14.4. The third-order valence-electron chi connectivity index (χ3n) is 2.34. The lowest BCUT2D eigenvalue weighted by atomic mass is 10.2. The molecule has 0 saturated carbocycles. The number of halogens is 2. The van der Waals surface area contributed by atoms with E-state index in [0.29, 0.717) is 6.42 Å². The van der Waals surface area contributed by atoms with Crippen LogP contribution in [0, 0.1) is 5.82 Å². The third kappa shape index (κ3) is 3.94. The lowest BCUT2D eigenvalue weighted by Crippen LogP contribution is -2.29. The van der Waals surface area contributed by atoms with Crippen molar-refractivity contribution in [1.29, 1.82) is 0 Å². The highest BCUT2D eigenvalue weighted by atomic mass is 35.5. The van der Waals surface area contributed by atoms with Gasteiger partial charge in [0.2, 0.25) is 0 Å². The first-order valence-corrected chi connectivity index (χ1v) is 7.33. The Morgan fingerprint density at radius 3 is 2.65 bits per heavy atom. The molecule has 0 fully saturated rings. The molecule has 3 nitrogen and oxygen atoms in total. The molecule has 17 heavy (non-hydrogen) atoms. The average Bonchev–Trinajstić information content (AvgIpc) is 2.21. The molecule has 1 atom stereocenters. The maximum atomic E-state index is 12.9. The van der Waals surface area contributed by atoms with Gasteiger partial charge in [-0.25, -0.2) is 12.8 Å². The van der Waals surface area contributed by atoms with Crippen molar-refractivity contribution in [2.75, 3.05) is 5.75 Å². The van der Waals surface area contributed by atoms with Crippen molar-refractivity contribution in [3.8, 4) is 0 Å². The standard InChI is InChI=1S/C11H15ClFNO2S/c1-2-3-8(14)7-17(15,16)9-4-5-11(13)10(12)6-9/h4-6,8H,2-3,7,14H2,1H3. The quantitative estimate of drug-likeness (QED) is 0.842. The number of hydrogen-bond donors (Lipinski definition) is 1. The summed E-state index contributed by atoms with van der Waals surface area (Å²) in [7, 11) is -3.50. The number of rotatable bonds is 5. The zero-order valence-electron chi connectivity index (χ0n) is 9.49. The fourth-order valence-electron chi connectivity index (χ4n) is 1.50. The highest BCUT2D eigenvalue weighted by molar-refractivity contribution is 7.91. The summed E-state index contributed by atoms with van der Waals surface area (Å²) in [6.45, 7) is 1.93.